The van der Waals surface area contributed by atoms with E-state index in [1.54, 1.807) is 0 Å². The lowest BCUT2D eigenvalue weighted by Gasteiger charge is -2.15. The normalized spacial score (nSPS) is 17.3. The van der Waals surface area contributed by atoms with E-state index >= 15 is 0 Å². The highest BCUT2D eigenvalue weighted by molar-refractivity contribution is 7.90. The topological polar surface area (TPSA) is 58.2 Å². The molecule has 0 radical (unpaired) electrons. The van der Waals surface area contributed by atoms with Gasteiger partial charge in [0.1, 0.15) is 9.84 Å². The van der Waals surface area contributed by atoms with Crippen molar-refractivity contribution in [3.63, 3.8) is 0 Å². The standard InChI is InChI=1S/C10H20N2O2S2/c1-16(13,14)8-4-7-11-10(15)12-9-5-2-3-6-9/h9H,2-8H2,1H3,(H2,11,12,15). The molecule has 2 N–H and O–H groups in total. The summed E-state index contributed by atoms with van der Waals surface area (Å²) in [5.74, 6) is 0.214. The maximum atomic E-state index is 10.9. The summed E-state index contributed by atoms with van der Waals surface area (Å²) in [6, 6.07) is 0.509. The fourth-order valence-electron chi connectivity index (χ4n) is 1.84. The second kappa shape index (κ2) is 6.39. The Labute approximate surface area is 103 Å². The van der Waals surface area contributed by atoms with Gasteiger partial charge in [-0.15, -0.1) is 0 Å². The molecule has 0 amide bonds. The predicted molar refractivity (Wildman–Crippen MR) is 70.3 cm³/mol. The molecule has 0 unspecified atom stereocenters. The average molecular weight is 264 g/mol. The van der Waals surface area contributed by atoms with Gasteiger partial charge in [0.05, 0.1) is 5.75 Å². The molecule has 16 heavy (non-hydrogen) atoms. The number of nitrogens with one attached hydrogen (secondary N) is 2. The Bertz CT molecular complexity index is 322. The Kier molecular flexibility index (Phi) is 5.48. The maximum Gasteiger partial charge on any atom is 0.166 e. The molecule has 0 aromatic heterocycles. The maximum absolute atomic E-state index is 10.9. The van der Waals surface area contributed by atoms with E-state index < -0.39 is 9.84 Å². The van der Waals surface area contributed by atoms with Crippen molar-refractivity contribution in [3.05, 3.63) is 0 Å². The molecule has 0 atom stereocenters. The molecule has 0 aromatic rings. The van der Waals surface area contributed by atoms with Crippen molar-refractivity contribution in [2.24, 2.45) is 0 Å². The van der Waals surface area contributed by atoms with Crippen LogP contribution in [0.25, 0.3) is 0 Å². The van der Waals surface area contributed by atoms with Gasteiger partial charge in [0.15, 0.2) is 5.11 Å². The first kappa shape index (κ1) is 13.7. The highest BCUT2D eigenvalue weighted by Gasteiger charge is 2.15. The van der Waals surface area contributed by atoms with Gasteiger partial charge in [-0.2, -0.15) is 0 Å². The van der Waals surface area contributed by atoms with E-state index in [0.29, 0.717) is 24.1 Å². The second-order valence-electron chi connectivity index (χ2n) is 4.37. The molecule has 4 nitrogen and oxygen atoms in total. The van der Waals surface area contributed by atoms with Crippen LogP contribution in [0.3, 0.4) is 0 Å². The van der Waals surface area contributed by atoms with Crippen molar-refractivity contribution in [1.82, 2.24) is 10.6 Å². The molecule has 0 aliphatic heterocycles. The van der Waals surface area contributed by atoms with Gasteiger partial charge in [-0.3, -0.25) is 0 Å². The summed E-state index contributed by atoms with van der Waals surface area (Å²) in [5, 5.41) is 6.94. The van der Waals surface area contributed by atoms with Gasteiger partial charge in [-0.05, 0) is 31.5 Å². The largest absolute Gasteiger partial charge is 0.363 e. The minimum Gasteiger partial charge on any atom is -0.363 e. The highest BCUT2D eigenvalue weighted by Crippen LogP contribution is 2.17. The van der Waals surface area contributed by atoms with Crippen molar-refractivity contribution in [3.8, 4) is 0 Å². The van der Waals surface area contributed by atoms with E-state index in [4.69, 9.17) is 12.2 Å². The molecule has 6 heteroatoms. The van der Waals surface area contributed by atoms with Crippen LogP contribution in [0.2, 0.25) is 0 Å². The minimum atomic E-state index is -2.85. The van der Waals surface area contributed by atoms with Gasteiger partial charge in [0.2, 0.25) is 0 Å². The number of rotatable bonds is 5. The minimum absolute atomic E-state index is 0.214. The molecule has 0 spiro atoms. The SMILES string of the molecule is CS(=O)(=O)CCCNC(=S)NC1CCCC1. The van der Waals surface area contributed by atoms with Crippen molar-refractivity contribution in [2.45, 2.75) is 38.1 Å². The van der Waals surface area contributed by atoms with Crippen LogP contribution in [0.1, 0.15) is 32.1 Å². The number of thiocarbonyl (C=S) groups is 1. The second-order valence-corrected chi connectivity index (χ2v) is 7.03. The fourth-order valence-corrected chi connectivity index (χ4v) is 2.78. The third-order valence-corrected chi connectivity index (χ3v) is 3.96. The van der Waals surface area contributed by atoms with Gasteiger partial charge in [-0.1, -0.05) is 12.8 Å². The first-order valence-corrected chi connectivity index (χ1v) is 8.16. The summed E-state index contributed by atoms with van der Waals surface area (Å²) >= 11 is 5.13. The lowest BCUT2D eigenvalue weighted by molar-refractivity contribution is 0.596. The summed E-state index contributed by atoms with van der Waals surface area (Å²) in [5.41, 5.74) is 0. The lowest BCUT2D eigenvalue weighted by atomic mass is 10.3. The van der Waals surface area contributed by atoms with Crippen LogP contribution in [-0.4, -0.2) is 38.1 Å². The monoisotopic (exact) mass is 264 g/mol. The van der Waals surface area contributed by atoms with E-state index in [0.717, 1.165) is 0 Å². The zero-order chi connectivity index (χ0) is 12.0. The Morgan fingerprint density at radius 1 is 1.38 bits per heavy atom. The van der Waals surface area contributed by atoms with Crippen LogP contribution in [0.5, 0.6) is 0 Å². The van der Waals surface area contributed by atoms with Crippen LogP contribution in [0.4, 0.5) is 0 Å². The average Bonchev–Trinajstić information content (AvgIpc) is 2.63. The van der Waals surface area contributed by atoms with E-state index in [-0.39, 0.29) is 5.75 Å². The smallest absolute Gasteiger partial charge is 0.166 e. The Hall–Kier alpha value is -0.360. The molecule has 1 rings (SSSR count). The van der Waals surface area contributed by atoms with E-state index in [2.05, 4.69) is 10.6 Å². The summed E-state index contributed by atoms with van der Waals surface area (Å²) in [4.78, 5) is 0. The van der Waals surface area contributed by atoms with Crippen molar-refractivity contribution in [2.75, 3.05) is 18.6 Å². The number of sulfone groups is 1. The molecule has 0 aromatic carbocycles. The summed E-state index contributed by atoms with van der Waals surface area (Å²) < 4.78 is 21.8. The fraction of sp³-hybridized carbons (Fsp3) is 0.900. The molecule has 1 aliphatic carbocycles. The van der Waals surface area contributed by atoms with E-state index in [1.807, 2.05) is 0 Å². The number of hydrogen-bond acceptors (Lipinski definition) is 3. The first-order valence-electron chi connectivity index (χ1n) is 5.69. The Morgan fingerprint density at radius 3 is 2.56 bits per heavy atom. The summed E-state index contributed by atoms with van der Waals surface area (Å²) in [7, 11) is -2.85. The van der Waals surface area contributed by atoms with Crippen LogP contribution in [-0.2, 0) is 9.84 Å². The van der Waals surface area contributed by atoms with Gasteiger partial charge in [0.25, 0.3) is 0 Å². The molecule has 1 fully saturated rings. The quantitative estimate of drug-likeness (QED) is 0.569. The van der Waals surface area contributed by atoms with E-state index in [1.165, 1.54) is 31.9 Å². The molecule has 0 saturated heterocycles. The van der Waals surface area contributed by atoms with Crippen LogP contribution in [0, 0.1) is 0 Å². The third-order valence-electron chi connectivity index (χ3n) is 2.67. The van der Waals surface area contributed by atoms with Crippen molar-refractivity contribution >= 4 is 27.2 Å². The van der Waals surface area contributed by atoms with Gasteiger partial charge >= 0.3 is 0 Å². The van der Waals surface area contributed by atoms with Gasteiger partial charge in [0, 0.05) is 18.8 Å². The Balaban J connectivity index is 2.06. The van der Waals surface area contributed by atoms with Crippen molar-refractivity contribution in [1.29, 1.82) is 0 Å². The predicted octanol–water partition coefficient (Wildman–Crippen LogP) is 0.828. The summed E-state index contributed by atoms with van der Waals surface area (Å²) in [6.45, 7) is 0.617. The molecular formula is C10H20N2O2S2. The van der Waals surface area contributed by atoms with Crippen LogP contribution < -0.4 is 10.6 Å². The molecule has 0 heterocycles. The number of hydrogen-bond donors (Lipinski definition) is 2. The third kappa shape index (κ3) is 6.27. The first-order chi connectivity index (χ1) is 7.47. The lowest BCUT2D eigenvalue weighted by Crippen LogP contribution is -2.41. The molecule has 94 valence electrons. The van der Waals surface area contributed by atoms with Crippen LogP contribution >= 0.6 is 12.2 Å². The van der Waals surface area contributed by atoms with Crippen LogP contribution in [0.15, 0.2) is 0 Å². The van der Waals surface area contributed by atoms with E-state index in [9.17, 15) is 8.42 Å². The zero-order valence-corrected chi connectivity index (χ0v) is 11.3. The molecular weight excluding hydrogens is 244 g/mol. The van der Waals surface area contributed by atoms with Crippen molar-refractivity contribution < 1.29 is 8.42 Å². The molecule has 1 saturated carbocycles. The highest BCUT2D eigenvalue weighted by atomic mass is 32.2. The zero-order valence-electron chi connectivity index (χ0n) is 9.66. The molecule has 0 bridgehead atoms. The van der Waals surface area contributed by atoms with Gasteiger partial charge < -0.3 is 10.6 Å². The molecule has 1 aliphatic rings. The van der Waals surface area contributed by atoms with Gasteiger partial charge in [-0.25, -0.2) is 8.42 Å². The Morgan fingerprint density at radius 2 is 2.00 bits per heavy atom. The summed E-state index contributed by atoms with van der Waals surface area (Å²) in [6.07, 6.45) is 6.77.